The van der Waals surface area contributed by atoms with E-state index in [0.29, 0.717) is 28.8 Å². The Hall–Kier alpha value is -4.13. The molecule has 1 amide bonds. The number of carbonyl (C=O) groups is 1. The number of carbonyl (C=O) groups excluding carboxylic acids is 1. The molecule has 0 aliphatic rings. The van der Waals surface area contributed by atoms with Gasteiger partial charge in [-0.1, -0.05) is 48.5 Å². The first-order valence-electron chi connectivity index (χ1n) is 9.66. The van der Waals surface area contributed by atoms with E-state index in [1.165, 1.54) is 7.11 Å². The number of nitrogens with zero attached hydrogens (tertiary/aromatic N) is 2. The summed E-state index contributed by atoms with van der Waals surface area (Å²) in [5.41, 5.74) is 2.04. The Kier molecular flexibility index (Phi) is 5.93. The molecule has 0 radical (unpaired) electrons. The van der Waals surface area contributed by atoms with Crippen molar-refractivity contribution in [3.05, 3.63) is 95.9 Å². The highest BCUT2D eigenvalue weighted by atomic mass is 16.5. The van der Waals surface area contributed by atoms with Crippen LogP contribution in [0, 0.1) is 0 Å². The van der Waals surface area contributed by atoms with Gasteiger partial charge in [-0.3, -0.25) is 4.79 Å². The van der Waals surface area contributed by atoms with E-state index in [0.717, 1.165) is 11.1 Å². The summed E-state index contributed by atoms with van der Waals surface area (Å²) in [6, 6.07) is 23.3. The molecule has 0 aliphatic heterocycles. The first kappa shape index (κ1) is 20.2. The largest absolute Gasteiger partial charge is 0.493 e. The maximum atomic E-state index is 13.0. The predicted molar refractivity (Wildman–Crippen MR) is 115 cm³/mol. The van der Waals surface area contributed by atoms with Crippen LogP contribution in [0.2, 0.25) is 0 Å². The van der Waals surface area contributed by atoms with Crippen LogP contribution in [0.25, 0.3) is 11.5 Å². The quantitative estimate of drug-likeness (QED) is 0.485. The molecule has 4 rings (SSSR count). The highest BCUT2D eigenvalue weighted by Gasteiger charge is 2.24. The van der Waals surface area contributed by atoms with Gasteiger partial charge in [0.1, 0.15) is 6.04 Å². The van der Waals surface area contributed by atoms with Crippen molar-refractivity contribution in [2.24, 2.45) is 0 Å². The molecule has 0 saturated carbocycles. The molecule has 0 bridgehead atoms. The van der Waals surface area contributed by atoms with Gasteiger partial charge in [-0.2, -0.15) is 0 Å². The molecular weight excluding hydrogens is 394 g/mol. The average molecular weight is 415 g/mol. The molecule has 156 valence electrons. The number of hydrogen-bond donors (Lipinski definition) is 1. The molecule has 1 aromatic heterocycles. The second-order valence-electron chi connectivity index (χ2n) is 6.70. The third-order valence-corrected chi connectivity index (χ3v) is 4.76. The van der Waals surface area contributed by atoms with Crippen LogP contribution in [-0.4, -0.2) is 30.3 Å². The monoisotopic (exact) mass is 415 g/mol. The van der Waals surface area contributed by atoms with E-state index < -0.39 is 6.04 Å². The van der Waals surface area contributed by atoms with Gasteiger partial charge in [0.05, 0.1) is 14.2 Å². The smallest absolute Gasteiger partial charge is 0.252 e. The number of rotatable bonds is 7. The number of methoxy groups -OCH3 is 2. The van der Waals surface area contributed by atoms with E-state index in [-0.39, 0.29) is 5.91 Å². The molecule has 31 heavy (non-hydrogen) atoms. The van der Waals surface area contributed by atoms with E-state index in [1.807, 2.05) is 60.7 Å². The van der Waals surface area contributed by atoms with Gasteiger partial charge in [-0.05, 0) is 35.9 Å². The fraction of sp³-hybridized carbons (Fsp3) is 0.125. The number of ether oxygens (including phenoxy) is 2. The van der Waals surface area contributed by atoms with Crippen LogP contribution in [0.5, 0.6) is 11.5 Å². The molecule has 1 atom stereocenters. The number of nitrogens with one attached hydrogen (secondary N) is 1. The minimum Gasteiger partial charge on any atom is -0.493 e. The van der Waals surface area contributed by atoms with Gasteiger partial charge in [-0.25, -0.2) is 0 Å². The van der Waals surface area contributed by atoms with Crippen molar-refractivity contribution in [3.63, 3.8) is 0 Å². The summed E-state index contributed by atoms with van der Waals surface area (Å²) in [4.78, 5) is 13.0. The van der Waals surface area contributed by atoms with E-state index in [2.05, 4.69) is 15.5 Å². The molecule has 1 heterocycles. The molecule has 7 heteroatoms. The molecular formula is C24H21N3O4. The Balaban J connectivity index is 1.66. The van der Waals surface area contributed by atoms with Crippen molar-refractivity contribution >= 4 is 5.91 Å². The van der Waals surface area contributed by atoms with Gasteiger partial charge in [0.15, 0.2) is 11.5 Å². The Morgan fingerprint density at radius 2 is 1.55 bits per heavy atom. The lowest BCUT2D eigenvalue weighted by Crippen LogP contribution is -2.29. The predicted octanol–water partition coefficient (Wildman–Crippen LogP) is 4.27. The third kappa shape index (κ3) is 4.40. The van der Waals surface area contributed by atoms with E-state index in [9.17, 15) is 4.79 Å². The summed E-state index contributed by atoms with van der Waals surface area (Å²) < 4.78 is 16.5. The van der Waals surface area contributed by atoms with Crippen LogP contribution in [0.15, 0.2) is 83.3 Å². The van der Waals surface area contributed by atoms with Crippen LogP contribution >= 0.6 is 0 Å². The Labute approximate surface area is 179 Å². The second kappa shape index (κ2) is 9.13. The molecule has 0 fully saturated rings. The molecule has 0 spiro atoms. The van der Waals surface area contributed by atoms with Crippen LogP contribution < -0.4 is 14.8 Å². The topological polar surface area (TPSA) is 86.5 Å². The minimum absolute atomic E-state index is 0.291. The standard InChI is InChI=1S/C24H21N3O4/c1-29-19-14-13-18(15-20(19)30-2)22(28)25-21(16-9-5-3-6-10-16)24-27-26-23(31-24)17-11-7-4-8-12-17/h3-15,21H,1-2H3,(H,25,28). The van der Waals surface area contributed by atoms with E-state index in [4.69, 9.17) is 13.9 Å². The SMILES string of the molecule is COc1ccc(C(=O)NC(c2ccccc2)c2nnc(-c3ccccc3)o2)cc1OC. The van der Waals surface area contributed by atoms with Crippen LogP contribution in [0.4, 0.5) is 0 Å². The van der Waals surface area contributed by atoms with Gasteiger partial charge in [-0.15, -0.1) is 10.2 Å². The summed E-state index contributed by atoms with van der Waals surface area (Å²) in [6.45, 7) is 0. The minimum atomic E-state index is -0.619. The fourth-order valence-corrected chi connectivity index (χ4v) is 3.17. The molecule has 1 unspecified atom stereocenters. The fourth-order valence-electron chi connectivity index (χ4n) is 3.17. The molecule has 4 aromatic rings. The lowest BCUT2D eigenvalue weighted by molar-refractivity contribution is 0.0937. The maximum absolute atomic E-state index is 13.0. The van der Waals surface area contributed by atoms with Crippen molar-refractivity contribution in [1.82, 2.24) is 15.5 Å². The Bertz CT molecular complexity index is 1160. The summed E-state index contributed by atoms with van der Waals surface area (Å²) in [5, 5.41) is 11.3. The van der Waals surface area contributed by atoms with Gasteiger partial charge in [0.2, 0.25) is 11.8 Å². The van der Waals surface area contributed by atoms with Crippen molar-refractivity contribution in [3.8, 4) is 23.0 Å². The van der Waals surface area contributed by atoms with Crippen molar-refractivity contribution in [2.45, 2.75) is 6.04 Å². The number of amides is 1. The second-order valence-corrected chi connectivity index (χ2v) is 6.70. The normalized spacial score (nSPS) is 11.5. The lowest BCUT2D eigenvalue weighted by atomic mass is 10.1. The zero-order valence-corrected chi connectivity index (χ0v) is 17.1. The molecule has 7 nitrogen and oxygen atoms in total. The molecule has 1 N–H and O–H groups in total. The molecule has 0 saturated heterocycles. The zero-order valence-electron chi connectivity index (χ0n) is 17.1. The first-order valence-corrected chi connectivity index (χ1v) is 9.66. The Morgan fingerprint density at radius 3 is 2.23 bits per heavy atom. The van der Waals surface area contributed by atoms with Gasteiger partial charge in [0.25, 0.3) is 5.91 Å². The summed E-state index contributed by atoms with van der Waals surface area (Å²) in [6.07, 6.45) is 0. The zero-order chi connectivity index (χ0) is 21.6. The van der Waals surface area contributed by atoms with Crippen LogP contribution in [0.3, 0.4) is 0 Å². The van der Waals surface area contributed by atoms with Gasteiger partial charge >= 0.3 is 0 Å². The highest BCUT2D eigenvalue weighted by Crippen LogP contribution is 2.29. The third-order valence-electron chi connectivity index (χ3n) is 4.76. The highest BCUT2D eigenvalue weighted by molar-refractivity contribution is 5.95. The maximum Gasteiger partial charge on any atom is 0.252 e. The van der Waals surface area contributed by atoms with Crippen LogP contribution in [-0.2, 0) is 0 Å². The lowest BCUT2D eigenvalue weighted by Gasteiger charge is -2.16. The molecule has 3 aromatic carbocycles. The number of aromatic nitrogens is 2. The first-order chi connectivity index (χ1) is 15.2. The number of benzene rings is 3. The van der Waals surface area contributed by atoms with Crippen molar-refractivity contribution < 1.29 is 18.7 Å². The van der Waals surface area contributed by atoms with Crippen molar-refractivity contribution in [1.29, 1.82) is 0 Å². The summed E-state index contributed by atoms with van der Waals surface area (Å²) in [5.74, 6) is 1.38. The van der Waals surface area contributed by atoms with Gasteiger partial charge in [0, 0.05) is 11.1 Å². The van der Waals surface area contributed by atoms with E-state index in [1.54, 1.807) is 25.3 Å². The van der Waals surface area contributed by atoms with Crippen LogP contribution in [0.1, 0.15) is 27.9 Å². The summed E-state index contributed by atoms with van der Waals surface area (Å²) in [7, 11) is 3.07. The van der Waals surface area contributed by atoms with E-state index >= 15 is 0 Å². The van der Waals surface area contributed by atoms with Gasteiger partial charge < -0.3 is 19.2 Å². The molecule has 0 aliphatic carbocycles. The Morgan fingerprint density at radius 1 is 0.871 bits per heavy atom. The summed E-state index contributed by atoms with van der Waals surface area (Å²) >= 11 is 0. The number of hydrogen-bond acceptors (Lipinski definition) is 6. The average Bonchev–Trinajstić information content (AvgIpc) is 3.33. The van der Waals surface area contributed by atoms with Crippen molar-refractivity contribution in [2.75, 3.05) is 14.2 Å².